The van der Waals surface area contributed by atoms with E-state index in [1.165, 1.54) is 0 Å². The highest BCUT2D eigenvalue weighted by atomic mass is 127. The second-order valence-corrected chi connectivity index (χ2v) is 4.43. The maximum absolute atomic E-state index is 5.73. The van der Waals surface area contributed by atoms with Crippen LogP contribution >= 0.6 is 22.6 Å². The number of hydrogen-bond acceptors (Lipinski definition) is 3. The number of benzene rings is 1. The van der Waals surface area contributed by atoms with Gasteiger partial charge in [-0.05, 0) is 40.8 Å². The van der Waals surface area contributed by atoms with E-state index in [2.05, 4.69) is 27.6 Å². The van der Waals surface area contributed by atoms with Crippen molar-refractivity contribution in [2.45, 2.75) is 6.61 Å². The van der Waals surface area contributed by atoms with Crippen LogP contribution in [0.4, 0.5) is 5.82 Å². The third-order valence-corrected chi connectivity index (χ3v) is 3.04. The van der Waals surface area contributed by atoms with Gasteiger partial charge in [-0.3, -0.25) is 0 Å². The molecule has 0 amide bonds. The maximum Gasteiger partial charge on any atom is 0.133 e. The molecule has 0 unspecified atom stereocenters. The fourth-order valence-electron chi connectivity index (χ4n) is 1.29. The van der Waals surface area contributed by atoms with Crippen molar-refractivity contribution in [2.75, 3.05) is 5.73 Å². The number of rotatable bonds is 3. The molecule has 0 bridgehead atoms. The highest BCUT2D eigenvalue weighted by Crippen LogP contribution is 2.21. The average Bonchev–Trinajstić information content (AvgIpc) is 2.30. The zero-order chi connectivity index (χ0) is 11.4. The Balaban J connectivity index is 2.09. The lowest BCUT2D eigenvalue weighted by Gasteiger charge is -2.08. The molecule has 2 aromatic rings. The summed E-state index contributed by atoms with van der Waals surface area (Å²) in [4.78, 5) is 4.01. The summed E-state index contributed by atoms with van der Waals surface area (Å²) >= 11 is 2.24. The molecule has 0 saturated heterocycles. The number of pyridine rings is 1. The van der Waals surface area contributed by atoms with Crippen LogP contribution in [0.2, 0.25) is 0 Å². The van der Waals surface area contributed by atoms with Gasteiger partial charge in [0.05, 0.1) is 3.57 Å². The second-order valence-electron chi connectivity index (χ2n) is 3.27. The van der Waals surface area contributed by atoms with Crippen molar-refractivity contribution in [1.29, 1.82) is 0 Å². The van der Waals surface area contributed by atoms with E-state index in [1.807, 2.05) is 36.4 Å². The summed E-state index contributed by atoms with van der Waals surface area (Å²) in [5.41, 5.74) is 6.63. The summed E-state index contributed by atoms with van der Waals surface area (Å²) in [7, 11) is 0. The van der Waals surface area contributed by atoms with Crippen molar-refractivity contribution in [2.24, 2.45) is 0 Å². The molecule has 4 heteroatoms. The van der Waals surface area contributed by atoms with E-state index < -0.39 is 0 Å². The van der Waals surface area contributed by atoms with Crippen molar-refractivity contribution in [1.82, 2.24) is 4.98 Å². The summed E-state index contributed by atoms with van der Waals surface area (Å²) < 4.78 is 6.76. The van der Waals surface area contributed by atoms with E-state index in [9.17, 15) is 0 Å². The summed E-state index contributed by atoms with van der Waals surface area (Å²) in [6, 6.07) is 11.6. The van der Waals surface area contributed by atoms with Crippen molar-refractivity contribution >= 4 is 28.4 Å². The van der Waals surface area contributed by atoms with Crippen molar-refractivity contribution in [3.63, 3.8) is 0 Å². The molecule has 82 valence electrons. The Hall–Kier alpha value is -1.30. The molecule has 1 aromatic carbocycles. The first-order chi connectivity index (χ1) is 7.77. The number of para-hydroxylation sites is 1. The van der Waals surface area contributed by atoms with E-state index in [1.54, 1.807) is 6.20 Å². The fraction of sp³-hybridized carbons (Fsp3) is 0.0833. The number of hydrogen-bond donors (Lipinski definition) is 1. The zero-order valence-electron chi connectivity index (χ0n) is 8.56. The monoisotopic (exact) mass is 326 g/mol. The van der Waals surface area contributed by atoms with Gasteiger partial charge in [-0.2, -0.15) is 0 Å². The minimum Gasteiger partial charge on any atom is -0.488 e. The lowest BCUT2D eigenvalue weighted by Crippen LogP contribution is -2.02. The molecule has 0 aliphatic heterocycles. The molecular weight excluding hydrogens is 315 g/mol. The highest BCUT2D eigenvalue weighted by molar-refractivity contribution is 14.1. The molecule has 0 atom stereocenters. The van der Waals surface area contributed by atoms with Crippen molar-refractivity contribution in [3.05, 3.63) is 51.7 Å². The fourth-order valence-corrected chi connectivity index (χ4v) is 1.83. The number of aromatic nitrogens is 1. The molecule has 16 heavy (non-hydrogen) atoms. The first kappa shape index (κ1) is 11.2. The Labute approximate surface area is 108 Å². The van der Waals surface area contributed by atoms with Crippen molar-refractivity contribution in [3.8, 4) is 5.75 Å². The van der Waals surface area contributed by atoms with Crippen LogP contribution in [-0.4, -0.2) is 4.98 Å². The third-order valence-electron chi connectivity index (χ3n) is 2.15. The van der Waals surface area contributed by atoms with Gasteiger partial charge in [0.15, 0.2) is 0 Å². The Morgan fingerprint density at radius 1 is 1.19 bits per heavy atom. The summed E-state index contributed by atoms with van der Waals surface area (Å²) in [6.45, 7) is 0.444. The van der Waals surface area contributed by atoms with Crippen LogP contribution in [-0.2, 0) is 6.61 Å². The molecular formula is C12H11IN2O. The summed E-state index contributed by atoms with van der Waals surface area (Å²) in [5.74, 6) is 1.39. The normalized spacial score (nSPS) is 10.1. The van der Waals surface area contributed by atoms with Crippen LogP contribution in [0.3, 0.4) is 0 Å². The number of anilines is 1. The van der Waals surface area contributed by atoms with Gasteiger partial charge in [0.2, 0.25) is 0 Å². The number of nitrogens with two attached hydrogens (primary N) is 1. The highest BCUT2D eigenvalue weighted by Gasteiger charge is 2.02. The lowest BCUT2D eigenvalue weighted by molar-refractivity contribution is 0.304. The van der Waals surface area contributed by atoms with Gasteiger partial charge >= 0.3 is 0 Å². The van der Waals surface area contributed by atoms with Crippen LogP contribution in [0.15, 0.2) is 42.6 Å². The van der Waals surface area contributed by atoms with Gasteiger partial charge in [-0.15, -0.1) is 0 Å². The van der Waals surface area contributed by atoms with E-state index in [4.69, 9.17) is 10.5 Å². The first-order valence-electron chi connectivity index (χ1n) is 4.84. The van der Waals surface area contributed by atoms with Crippen molar-refractivity contribution < 1.29 is 4.74 Å². The van der Waals surface area contributed by atoms with Crippen LogP contribution < -0.4 is 10.5 Å². The Kier molecular flexibility index (Phi) is 3.61. The van der Waals surface area contributed by atoms with Crippen LogP contribution in [0.1, 0.15) is 5.56 Å². The van der Waals surface area contributed by atoms with Crippen LogP contribution in [0, 0.1) is 3.57 Å². The van der Waals surface area contributed by atoms with E-state index in [0.29, 0.717) is 12.4 Å². The second kappa shape index (κ2) is 5.16. The largest absolute Gasteiger partial charge is 0.488 e. The predicted octanol–water partition coefficient (Wildman–Crippen LogP) is 2.85. The molecule has 2 rings (SSSR count). The van der Waals surface area contributed by atoms with Gasteiger partial charge in [-0.25, -0.2) is 4.98 Å². The number of halogens is 1. The molecule has 0 fully saturated rings. The summed E-state index contributed by atoms with van der Waals surface area (Å²) in [6.07, 6.45) is 1.67. The quantitative estimate of drug-likeness (QED) is 0.883. The van der Waals surface area contributed by atoms with E-state index in [0.717, 1.165) is 14.9 Å². The Morgan fingerprint density at radius 2 is 2.00 bits per heavy atom. The van der Waals surface area contributed by atoms with E-state index in [-0.39, 0.29) is 0 Å². The molecule has 2 N–H and O–H groups in total. The number of nitrogens with zero attached hydrogens (tertiary/aromatic N) is 1. The molecule has 0 saturated carbocycles. The molecule has 0 aliphatic carbocycles. The Bertz CT molecular complexity index is 442. The first-order valence-corrected chi connectivity index (χ1v) is 5.92. The minimum atomic E-state index is 0.444. The SMILES string of the molecule is Nc1ncccc1COc1ccccc1I. The summed E-state index contributed by atoms with van der Waals surface area (Å²) in [5, 5.41) is 0. The molecule has 3 nitrogen and oxygen atoms in total. The molecule has 1 heterocycles. The molecule has 0 radical (unpaired) electrons. The topological polar surface area (TPSA) is 48.1 Å². The molecule has 1 aromatic heterocycles. The number of ether oxygens (including phenoxy) is 1. The zero-order valence-corrected chi connectivity index (χ0v) is 10.7. The predicted molar refractivity (Wildman–Crippen MR) is 72.1 cm³/mol. The minimum absolute atomic E-state index is 0.444. The standard InChI is InChI=1S/C12H11IN2O/c13-10-5-1-2-6-11(10)16-8-9-4-3-7-15-12(9)14/h1-7H,8H2,(H2,14,15). The van der Waals surface area contributed by atoms with Gasteiger partial charge in [0.25, 0.3) is 0 Å². The van der Waals surface area contributed by atoms with Crippen LogP contribution in [0.5, 0.6) is 5.75 Å². The average molecular weight is 326 g/mol. The number of nitrogen functional groups attached to an aromatic ring is 1. The Morgan fingerprint density at radius 3 is 2.75 bits per heavy atom. The van der Waals surface area contributed by atoms with Gasteiger partial charge in [0, 0.05) is 11.8 Å². The third kappa shape index (κ3) is 2.63. The van der Waals surface area contributed by atoms with Gasteiger partial charge in [-0.1, -0.05) is 18.2 Å². The van der Waals surface area contributed by atoms with Gasteiger partial charge < -0.3 is 10.5 Å². The molecule has 0 aliphatic rings. The maximum atomic E-state index is 5.73. The smallest absolute Gasteiger partial charge is 0.133 e. The van der Waals surface area contributed by atoms with E-state index >= 15 is 0 Å². The lowest BCUT2D eigenvalue weighted by atomic mass is 10.3. The molecule has 0 spiro atoms. The van der Waals surface area contributed by atoms with Crippen LogP contribution in [0.25, 0.3) is 0 Å². The van der Waals surface area contributed by atoms with Gasteiger partial charge in [0.1, 0.15) is 18.2 Å².